The number of carbonyl (C=O) groups excluding carboxylic acids is 1. The molecule has 0 atom stereocenters. The summed E-state index contributed by atoms with van der Waals surface area (Å²) in [4.78, 5) is 19.2. The lowest BCUT2D eigenvalue weighted by Crippen LogP contribution is -1.82. The van der Waals surface area contributed by atoms with Crippen molar-refractivity contribution >= 4 is 38.7 Å². The van der Waals surface area contributed by atoms with Crippen LogP contribution < -0.4 is 0 Å². The molecule has 0 aliphatic rings. The zero-order valence-electron chi connectivity index (χ0n) is 12.4. The van der Waals surface area contributed by atoms with Gasteiger partial charge in [0.1, 0.15) is 16.8 Å². The molecule has 0 N–H and O–H groups in total. The number of fused-ring (bicyclic) bond motifs is 3. The second-order valence-electron chi connectivity index (χ2n) is 3.47. The first kappa shape index (κ1) is 16.2. The molecule has 1 aromatic carbocycles. The Morgan fingerprint density at radius 2 is 1.80 bits per heavy atom. The molecule has 3 aromatic rings. The third-order valence-electron chi connectivity index (χ3n) is 2.43. The Labute approximate surface area is 123 Å². The van der Waals surface area contributed by atoms with Gasteiger partial charge >= 0.3 is 0 Å². The molecule has 0 amide bonds. The van der Waals surface area contributed by atoms with Crippen LogP contribution in [0.5, 0.6) is 0 Å². The topological polar surface area (TPSA) is 42.9 Å². The summed E-state index contributed by atoms with van der Waals surface area (Å²) in [7, 11) is 0. The second kappa shape index (κ2) is 8.38. The molecule has 2 heterocycles. The van der Waals surface area contributed by atoms with Gasteiger partial charge in [0.15, 0.2) is 0 Å². The van der Waals surface area contributed by atoms with Crippen molar-refractivity contribution in [2.24, 2.45) is 0 Å². The van der Waals surface area contributed by atoms with Crippen LogP contribution in [0.2, 0.25) is 0 Å². The first-order valence-corrected chi connectivity index (χ1v) is 7.77. The maximum absolute atomic E-state index is 10.5. The normalized spacial score (nSPS) is 9.40. The largest absolute Gasteiger partial charge is 0.303 e. The fourth-order valence-corrected chi connectivity index (χ4v) is 2.74. The van der Waals surface area contributed by atoms with E-state index in [9.17, 15) is 4.79 Å². The minimum absolute atomic E-state index is 0.383. The molecule has 106 valence electrons. The van der Waals surface area contributed by atoms with Crippen molar-refractivity contribution in [2.45, 2.75) is 34.1 Å². The van der Waals surface area contributed by atoms with Crippen molar-refractivity contribution in [2.75, 3.05) is 0 Å². The van der Waals surface area contributed by atoms with E-state index in [1.807, 2.05) is 52.0 Å². The molecule has 2 aromatic heterocycles. The number of pyridine rings is 1. The van der Waals surface area contributed by atoms with E-state index in [-0.39, 0.29) is 0 Å². The van der Waals surface area contributed by atoms with Gasteiger partial charge in [-0.1, -0.05) is 45.9 Å². The number of para-hydroxylation sites is 1. The second-order valence-corrected chi connectivity index (χ2v) is 4.55. The van der Waals surface area contributed by atoms with Crippen LogP contribution in [-0.2, 0) is 11.2 Å². The van der Waals surface area contributed by atoms with Crippen molar-refractivity contribution < 1.29 is 4.79 Å². The summed E-state index contributed by atoms with van der Waals surface area (Å²) < 4.78 is 1.11. The Morgan fingerprint density at radius 1 is 1.10 bits per heavy atom. The summed E-state index contributed by atoms with van der Waals surface area (Å²) in [5.74, 6) is 0. The molecule has 0 spiro atoms. The maximum atomic E-state index is 10.5. The molecular weight excluding hydrogens is 268 g/mol. The highest BCUT2D eigenvalue weighted by atomic mass is 32.1. The zero-order valence-corrected chi connectivity index (χ0v) is 13.2. The third-order valence-corrected chi connectivity index (χ3v) is 3.56. The standard InChI is InChI=1S/C12H8N2OS.2C2H6/c15-6-5-11-14-10-7-13-9-4-2-1-3-8(9)12(10)16-11;2*1-2/h1-4,6-7H,5H2;2*1-2H3. The van der Waals surface area contributed by atoms with Crippen LogP contribution in [0.15, 0.2) is 30.5 Å². The van der Waals surface area contributed by atoms with Crippen molar-refractivity contribution in [3.8, 4) is 0 Å². The van der Waals surface area contributed by atoms with Gasteiger partial charge in [0.05, 0.1) is 22.8 Å². The number of rotatable bonds is 2. The minimum atomic E-state index is 0.383. The summed E-state index contributed by atoms with van der Waals surface area (Å²) >= 11 is 1.57. The highest BCUT2D eigenvalue weighted by molar-refractivity contribution is 7.19. The molecule has 4 heteroatoms. The van der Waals surface area contributed by atoms with Crippen LogP contribution in [-0.4, -0.2) is 16.3 Å². The summed E-state index contributed by atoms with van der Waals surface area (Å²) in [6.07, 6.45) is 3.03. The highest BCUT2D eigenvalue weighted by Crippen LogP contribution is 2.28. The van der Waals surface area contributed by atoms with Crippen LogP contribution in [0.1, 0.15) is 32.7 Å². The summed E-state index contributed by atoms with van der Waals surface area (Å²) in [6, 6.07) is 7.97. The number of nitrogens with zero attached hydrogens (tertiary/aromatic N) is 2. The van der Waals surface area contributed by atoms with Crippen LogP contribution in [0, 0.1) is 0 Å². The van der Waals surface area contributed by atoms with Gasteiger partial charge in [0.2, 0.25) is 0 Å². The van der Waals surface area contributed by atoms with Crippen molar-refractivity contribution in [3.05, 3.63) is 35.5 Å². The van der Waals surface area contributed by atoms with E-state index in [1.54, 1.807) is 17.5 Å². The zero-order chi connectivity index (χ0) is 15.0. The number of aromatic nitrogens is 2. The highest BCUT2D eigenvalue weighted by Gasteiger charge is 2.07. The van der Waals surface area contributed by atoms with Crippen LogP contribution in [0.3, 0.4) is 0 Å². The van der Waals surface area contributed by atoms with E-state index >= 15 is 0 Å². The van der Waals surface area contributed by atoms with E-state index in [0.29, 0.717) is 6.42 Å². The lowest BCUT2D eigenvalue weighted by Gasteiger charge is -1.95. The smallest absolute Gasteiger partial charge is 0.126 e. The third kappa shape index (κ3) is 3.39. The summed E-state index contributed by atoms with van der Waals surface area (Å²) in [6.45, 7) is 8.00. The predicted octanol–water partition coefficient (Wildman–Crippen LogP) is 4.64. The van der Waals surface area contributed by atoms with Gasteiger partial charge in [-0.25, -0.2) is 4.98 Å². The van der Waals surface area contributed by atoms with E-state index in [2.05, 4.69) is 9.97 Å². The van der Waals surface area contributed by atoms with Crippen LogP contribution >= 0.6 is 11.3 Å². The summed E-state index contributed by atoms with van der Waals surface area (Å²) in [5, 5.41) is 1.96. The van der Waals surface area contributed by atoms with Gasteiger partial charge in [-0.05, 0) is 6.07 Å². The van der Waals surface area contributed by atoms with Gasteiger partial charge in [-0.3, -0.25) is 4.98 Å². The van der Waals surface area contributed by atoms with E-state index in [0.717, 1.165) is 32.4 Å². The first-order chi connectivity index (χ1) is 9.88. The number of aldehydes is 1. The Hall–Kier alpha value is -1.81. The Bertz CT molecular complexity index is 676. The van der Waals surface area contributed by atoms with Crippen molar-refractivity contribution in [1.29, 1.82) is 0 Å². The van der Waals surface area contributed by atoms with E-state index in [1.165, 1.54) is 0 Å². The van der Waals surface area contributed by atoms with Crippen molar-refractivity contribution in [1.82, 2.24) is 9.97 Å². The van der Waals surface area contributed by atoms with Crippen LogP contribution in [0.25, 0.3) is 21.1 Å². The molecular formula is C16H20N2OS. The van der Waals surface area contributed by atoms with Crippen LogP contribution in [0.4, 0.5) is 0 Å². The van der Waals surface area contributed by atoms with Gasteiger partial charge in [-0.15, -0.1) is 11.3 Å². The van der Waals surface area contributed by atoms with Crippen molar-refractivity contribution in [3.63, 3.8) is 0 Å². The number of thiazole rings is 1. The Balaban J connectivity index is 0.000000461. The number of carbonyl (C=O) groups is 1. The molecule has 0 saturated carbocycles. The molecule has 0 bridgehead atoms. The lowest BCUT2D eigenvalue weighted by molar-refractivity contribution is -0.107. The molecule has 20 heavy (non-hydrogen) atoms. The molecule has 3 rings (SSSR count). The SMILES string of the molecule is CC.CC.O=CCc1nc2cnc3ccccc3c2s1. The molecule has 0 aliphatic carbocycles. The Morgan fingerprint density at radius 3 is 2.50 bits per heavy atom. The average molecular weight is 288 g/mol. The predicted molar refractivity (Wildman–Crippen MR) is 87.4 cm³/mol. The Kier molecular flexibility index (Phi) is 6.81. The van der Waals surface area contributed by atoms with Gasteiger partial charge in [-0.2, -0.15) is 0 Å². The fourth-order valence-electron chi connectivity index (χ4n) is 1.73. The molecule has 0 radical (unpaired) electrons. The van der Waals surface area contributed by atoms with E-state index < -0.39 is 0 Å². The van der Waals surface area contributed by atoms with Gasteiger partial charge in [0, 0.05) is 5.39 Å². The van der Waals surface area contributed by atoms with Gasteiger partial charge in [0.25, 0.3) is 0 Å². The molecule has 0 fully saturated rings. The minimum Gasteiger partial charge on any atom is -0.303 e. The molecule has 0 saturated heterocycles. The molecule has 0 aliphatic heterocycles. The number of hydrogen-bond donors (Lipinski definition) is 0. The summed E-state index contributed by atoms with van der Waals surface area (Å²) in [5.41, 5.74) is 1.84. The quantitative estimate of drug-likeness (QED) is 0.645. The lowest BCUT2D eigenvalue weighted by atomic mass is 10.2. The fraction of sp³-hybridized carbons (Fsp3) is 0.312. The van der Waals surface area contributed by atoms with Gasteiger partial charge < -0.3 is 4.79 Å². The maximum Gasteiger partial charge on any atom is 0.126 e. The molecule has 0 unspecified atom stereocenters. The van der Waals surface area contributed by atoms with E-state index in [4.69, 9.17) is 0 Å². The average Bonchev–Trinajstić information content (AvgIpc) is 2.95. The molecule has 3 nitrogen and oxygen atoms in total. The number of benzene rings is 1. The monoisotopic (exact) mass is 288 g/mol. The number of hydrogen-bond acceptors (Lipinski definition) is 4. The first-order valence-electron chi connectivity index (χ1n) is 6.95.